The molecule has 0 saturated carbocycles. The molecular weight excluding hydrogens is 290 g/mol. The molecular formula is C15H20ClN3S. The zero-order valence-electron chi connectivity index (χ0n) is 12.3. The fourth-order valence-electron chi connectivity index (χ4n) is 2.03. The molecule has 0 aliphatic rings. The number of anilines is 1. The van der Waals surface area contributed by atoms with Crippen LogP contribution in [0.4, 0.5) is 5.69 Å². The topological polar surface area (TPSA) is 29.0 Å². The van der Waals surface area contributed by atoms with Gasteiger partial charge in [-0.3, -0.25) is 0 Å². The molecule has 0 N–H and O–H groups in total. The van der Waals surface area contributed by atoms with Crippen molar-refractivity contribution >= 4 is 28.6 Å². The molecule has 0 aliphatic heterocycles. The van der Waals surface area contributed by atoms with Crippen LogP contribution in [0, 0.1) is 0 Å². The third-order valence-corrected chi connectivity index (χ3v) is 4.72. The van der Waals surface area contributed by atoms with Gasteiger partial charge < -0.3 is 4.90 Å². The van der Waals surface area contributed by atoms with Crippen LogP contribution in [0.1, 0.15) is 49.1 Å². The summed E-state index contributed by atoms with van der Waals surface area (Å²) in [6, 6.07) is 4.51. The van der Waals surface area contributed by atoms with Gasteiger partial charge in [-0.25, -0.2) is 9.97 Å². The summed E-state index contributed by atoms with van der Waals surface area (Å²) < 4.78 is 0. The minimum atomic E-state index is 0.283. The molecule has 0 spiro atoms. The number of nitrogens with zero attached hydrogens (tertiary/aromatic N) is 3. The van der Waals surface area contributed by atoms with Gasteiger partial charge in [-0.05, 0) is 18.4 Å². The minimum absolute atomic E-state index is 0.283. The number of aromatic nitrogens is 2. The lowest BCUT2D eigenvalue weighted by atomic mass is 10.2. The Hall–Kier alpha value is -1.13. The Bertz CT molecular complexity index is 554. The third-order valence-electron chi connectivity index (χ3n) is 3.42. The van der Waals surface area contributed by atoms with E-state index in [1.54, 1.807) is 11.3 Å². The Morgan fingerprint density at radius 2 is 2.10 bits per heavy atom. The molecule has 0 bridgehead atoms. The lowest BCUT2D eigenvalue weighted by Crippen LogP contribution is -2.23. The molecule has 0 fully saturated rings. The SMILES string of the molecule is CC(C)c1ncc(N(C)C(C)c2cccs2)c(CCl)n1. The summed E-state index contributed by atoms with van der Waals surface area (Å²) in [4.78, 5) is 12.6. The standard InChI is InChI=1S/C15H20ClN3S/c1-10(2)15-17-9-13(12(8-16)18-15)19(4)11(3)14-6-5-7-20-14/h5-7,9-11H,8H2,1-4H3. The monoisotopic (exact) mass is 309 g/mol. The number of hydrogen-bond acceptors (Lipinski definition) is 4. The van der Waals surface area contributed by atoms with E-state index in [0.717, 1.165) is 17.2 Å². The van der Waals surface area contributed by atoms with E-state index in [0.29, 0.717) is 11.8 Å². The van der Waals surface area contributed by atoms with Gasteiger partial charge in [-0.1, -0.05) is 19.9 Å². The molecule has 0 aliphatic carbocycles. The maximum atomic E-state index is 6.07. The van der Waals surface area contributed by atoms with E-state index in [-0.39, 0.29) is 6.04 Å². The number of hydrogen-bond donors (Lipinski definition) is 0. The predicted octanol–water partition coefficient (Wildman–Crippen LogP) is 4.60. The van der Waals surface area contributed by atoms with Crippen LogP contribution >= 0.6 is 22.9 Å². The first-order valence-electron chi connectivity index (χ1n) is 6.72. The van der Waals surface area contributed by atoms with E-state index in [4.69, 9.17) is 11.6 Å². The Kier molecular flexibility index (Phi) is 5.00. The Morgan fingerprint density at radius 3 is 2.65 bits per heavy atom. The second kappa shape index (κ2) is 6.55. The highest BCUT2D eigenvalue weighted by atomic mass is 35.5. The van der Waals surface area contributed by atoms with Crippen LogP contribution in [0.5, 0.6) is 0 Å². The fourth-order valence-corrected chi connectivity index (χ4v) is 3.05. The maximum Gasteiger partial charge on any atom is 0.131 e. The molecule has 20 heavy (non-hydrogen) atoms. The molecule has 2 rings (SSSR count). The Morgan fingerprint density at radius 1 is 1.35 bits per heavy atom. The van der Waals surface area contributed by atoms with E-state index in [1.165, 1.54) is 4.88 Å². The first-order chi connectivity index (χ1) is 9.54. The van der Waals surface area contributed by atoms with Crippen LogP contribution < -0.4 is 4.90 Å². The van der Waals surface area contributed by atoms with Crippen molar-refractivity contribution < 1.29 is 0 Å². The lowest BCUT2D eigenvalue weighted by Gasteiger charge is -2.27. The van der Waals surface area contributed by atoms with Gasteiger partial charge >= 0.3 is 0 Å². The zero-order chi connectivity index (χ0) is 14.7. The first-order valence-corrected chi connectivity index (χ1v) is 8.14. The Balaban J connectivity index is 2.32. The first kappa shape index (κ1) is 15.3. The van der Waals surface area contributed by atoms with Crippen LogP contribution in [0.15, 0.2) is 23.7 Å². The van der Waals surface area contributed by atoms with E-state index < -0.39 is 0 Å². The molecule has 5 heteroatoms. The van der Waals surface area contributed by atoms with Crippen LogP contribution in [0.3, 0.4) is 0 Å². The molecule has 1 unspecified atom stereocenters. The largest absolute Gasteiger partial charge is 0.364 e. The van der Waals surface area contributed by atoms with Crippen molar-refractivity contribution in [2.75, 3.05) is 11.9 Å². The van der Waals surface area contributed by atoms with Crippen LogP contribution in [0.2, 0.25) is 0 Å². The fraction of sp³-hybridized carbons (Fsp3) is 0.467. The third kappa shape index (κ3) is 3.13. The van der Waals surface area contributed by atoms with Gasteiger partial charge in [-0.15, -0.1) is 22.9 Å². The van der Waals surface area contributed by atoms with Crippen molar-refractivity contribution in [3.8, 4) is 0 Å². The summed E-state index contributed by atoms with van der Waals surface area (Å²) in [5.74, 6) is 1.56. The molecule has 0 amide bonds. The van der Waals surface area contributed by atoms with Crippen LogP contribution in [-0.2, 0) is 5.88 Å². The van der Waals surface area contributed by atoms with Gasteiger partial charge in [0.05, 0.1) is 29.5 Å². The number of halogens is 1. The van der Waals surface area contributed by atoms with Crippen molar-refractivity contribution in [2.45, 2.75) is 38.6 Å². The molecule has 108 valence electrons. The molecule has 0 radical (unpaired) electrons. The second-order valence-electron chi connectivity index (χ2n) is 5.15. The highest BCUT2D eigenvalue weighted by Crippen LogP contribution is 2.30. The maximum absolute atomic E-state index is 6.07. The Labute approximate surface area is 129 Å². The molecule has 1 atom stereocenters. The van der Waals surface area contributed by atoms with Gasteiger partial charge in [0.1, 0.15) is 5.82 Å². The quantitative estimate of drug-likeness (QED) is 0.756. The van der Waals surface area contributed by atoms with Gasteiger partial charge in [0, 0.05) is 17.8 Å². The molecule has 2 aromatic heterocycles. The van der Waals surface area contributed by atoms with Gasteiger partial charge in [0.25, 0.3) is 0 Å². The summed E-state index contributed by atoms with van der Waals surface area (Å²) in [5.41, 5.74) is 1.90. The summed E-state index contributed by atoms with van der Waals surface area (Å²) in [6.45, 7) is 6.36. The highest BCUT2D eigenvalue weighted by molar-refractivity contribution is 7.10. The summed E-state index contributed by atoms with van der Waals surface area (Å²) in [5, 5.41) is 2.10. The number of rotatable bonds is 5. The minimum Gasteiger partial charge on any atom is -0.364 e. The average Bonchev–Trinajstić information content (AvgIpc) is 2.99. The van der Waals surface area contributed by atoms with Gasteiger partial charge in [-0.2, -0.15) is 0 Å². The van der Waals surface area contributed by atoms with Gasteiger partial charge in [0.2, 0.25) is 0 Å². The van der Waals surface area contributed by atoms with E-state index >= 15 is 0 Å². The smallest absolute Gasteiger partial charge is 0.131 e. The molecule has 0 saturated heterocycles. The van der Waals surface area contributed by atoms with Crippen molar-refractivity contribution in [3.63, 3.8) is 0 Å². The summed E-state index contributed by atoms with van der Waals surface area (Å²) in [6.07, 6.45) is 1.89. The van der Waals surface area contributed by atoms with Crippen molar-refractivity contribution in [1.82, 2.24) is 9.97 Å². The van der Waals surface area contributed by atoms with E-state index in [9.17, 15) is 0 Å². The van der Waals surface area contributed by atoms with Crippen molar-refractivity contribution in [2.24, 2.45) is 0 Å². The number of alkyl halides is 1. The van der Waals surface area contributed by atoms with E-state index in [2.05, 4.69) is 60.2 Å². The molecule has 2 aromatic rings. The average molecular weight is 310 g/mol. The van der Waals surface area contributed by atoms with E-state index in [1.807, 2.05) is 6.20 Å². The highest BCUT2D eigenvalue weighted by Gasteiger charge is 2.18. The normalized spacial score (nSPS) is 12.7. The van der Waals surface area contributed by atoms with Crippen LogP contribution in [0.25, 0.3) is 0 Å². The zero-order valence-corrected chi connectivity index (χ0v) is 13.9. The molecule has 0 aromatic carbocycles. The van der Waals surface area contributed by atoms with Crippen molar-refractivity contribution in [3.05, 3.63) is 40.1 Å². The summed E-state index contributed by atoms with van der Waals surface area (Å²) in [7, 11) is 2.06. The predicted molar refractivity (Wildman–Crippen MR) is 86.8 cm³/mol. The van der Waals surface area contributed by atoms with Crippen molar-refractivity contribution in [1.29, 1.82) is 0 Å². The lowest BCUT2D eigenvalue weighted by molar-refractivity contribution is 0.725. The molecule has 3 nitrogen and oxygen atoms in total. The molecule has 2 heterocycles. The number of thiophene rings is 1. The van der Waals surface area contributed by atoms with Crippen LogP contribution in [-0.4, -0.2) is 17.0 Å². The summed E-state index contributed by atoms with van der Waals surface area (Å²) >= 11 is 7.83. The van der Waals surface area contributed by atoms with Gasteiger partial charge in [0.15, 0.2) is 0 Å². The second-order valence-corrected chi connectivity index (χ2v) is 6.40.